The molecule has 0 spiro atoms. The summed E-state index contributed by atoms with van der Waals surface area (Å²) < 4.78 is 16.8. The molecule has 8 heteroatoms. The number of quaternary nitrogens is 1. The van der Waals surface area contributed by atoms with Crippen LogP contribution in [0.25, 0.3) is 23.3 Å². The first-order chi connectivity index (χ1) is 17.6. The summed E-state index contributed by atoms with van der Waals surface area (Å²) in [5, 5.41) is 9.69. The van der Waals surface area contributed by atoms with E-state index in [0.717, 1.165) is 22.3 Å². The summed E-state index contributed by atoms with van der Waals surface area (Å²) in [5.74, 6) is 0.876. The highest BCUT2D eigenvalue weighted by Crippen LogP contribution is 2.37. The minimum atomic E-state index is -0.323. The van der Waals surface area contributed by atoms with Crippen molar-refractivity contribution in [3.8, 4) is 34.1 Å². The molecule has 0 aromatic heterocycles. The minimum Gasteiger partial charge on any atom is -1.00 e. The number of carbonyl (C=O) groups is 2. The van der Waals surface area contributed by atoms with Gasteiger partial charge in [-0.05, 0) is 53.6 Å². The number of halogens is 1. The number of phenols is 1. The highest BCUT2D eigenvalue weighted by atomic mass is 35.5. The Labute approximate surface area is 229 Å². The van der Waals surface area contributed by atoms with Crippen molar-refractivity contribution in [2.75, 3.05) is 41.9 Å². The van der Waals surface area contributed by atoms with Gasteiger partial charge < -0.3 is 36.2 Å². The van der Waals surface area contributed by atoms with Gasteiger partial charge in [0.05, 0.1) is 35.4 Å². The molecule has 0 atom stereocenters. The lowest BCUT2D eigenvalue weighted by molar-refractivity contribution is -0.862. The van der Waals surface area contributed by atoms with E-state index in [1.54, 1.807) is 37.5 Å². The molecule has 3 aromatic carbocycles. The average Bonchev–Trinajstić information content (AvgIpc) is 2.86. The van der Waals surface area contributed by atoms with Crippen molar-refractivity contribution in [3.63, 3.8) is 0 Å². The third kappa shape index (κ3) is 8.50. The van der Waals surface area contributed by atoms with Gasteiger partial charge in [0.1, 0.15) is 11.5 Å². The van der Waals surface area contributed by atoms with Gasteiger partial charge in [0.2, 0.25) is 0 Å². The maximum absolute atomic E-state index is 12.4. The van der Waals surface area contributed by atoms with Gasteiger partial charge in [0.25, 0.3) is 0 Å². The fraction of sp³-hybridized carbons (Fsp3) is 0.200. The van der Waals surface area contributed by atoms with Gasteiger partial charge in [-0.3, -0.25) is 4.79 Å². The number of allylic oxidation sites excluding steroid dienone is 2. The number of benzene rings is 3. The Morgan fingerprint density at radius 1 is 0.789 bits per heavy atom. The van der Waals surface area contributed by atoms with Crippen LogP contribution in [0, 0.1) is 0 Å². The maximum atomic E-state index is 12.4. The molecule has 0 unspecified atom stereocenters. The van der Waals surface area contributed by atoms with Crippen LogP contribution in [-0.4, -0.2) is 63.2 Å². The monoisotopic (exact) mass is 537 g/mol. The average molecular weight is 538 g/mol. The second-order valence-electron chi connectivity index (χ2n) is 9.38. The van der Waals surface area contributed by atoms with Crippen LogP contribution in [0.4, 0.5) is 0 Å². The summed E-state index contributed by atoms with van der Waals surface area (Å²) in [6.07, 6.45) is 6.25. The highest BCUT2D eigenvalue weighted by molar-refractivity contribution is 6.04. The standard InChI is InChI=1S/C30H31NO6.ClH/c1-31(2,3)20-30(34)37-27-9-7-6-8-24(27)25-16-12-21(18-28(25)35-4)10-14-23(32)15-11-22-13-17-26(33)29(19-22)36-5;/h6-19H,20H2,1-5H3;1H/b14-10+;. The van der Waals surface area contributed by atoms with E-state index >= 15 is 0 Å². The molecule has 38 heavy (non-hydrogen) atoms. The van der Waals surface area contributed by atoms with Crippen molar-refractivity contribution in [1.82, 2.24) is 0 Å². The van der Waals surface area contributed by atoms with Gasteiger partial charge in [0, 0.05) is 11.1 Å². The minimum absolute atomic E-state index is 0. The van der Waals surface area contributed by atoms with Crippen molar-refractivity contribution < 1.29 is 45.8 Å². The van der Waals surface area contributed by atoms with Crippen molar-refractivity contribution >= 4 is 23.9 Å². The number of ketones is 1. The van der Waals surface area contributed by atoms with E-state index in [2.05, 4.69) is 0 Å². The molecular weight excluding hydrogens is 506 g/mol. The summed E-state index contributed by atoms with van der Waals surface area (Å²) >= 11 is 0. The number of hydrogen-bond acceptors (Lipinski definition) is 6. The molecule has 7 nitrogen and oxygen atoms in total. The van der Waals surface area contributed by atoms with Crippen LogP contribution in [0.3, 0.4) is 0 Å². The zero-order chi connectivity index (χ0) is 27.0. The first-order valence-corrected chi connectivity index (χ1v) is 11.7. The molecule has 0 amide bonds. The Hall–Kier alpha value is -4.07. The second kappa shape index (κ2) is 13.5. The van der Waals surface area contributed by atoms with Crippen LogP contribution in [0.15, 0.2) is 72.8 Å². The van der Waals surface area contributed by atoms with E-state index in [-0.39, 0.29) is 36.5 Å². The largest absolute Gasteiger partial charge is 1.00 e. The van der Waals surface area contributed by atoms with Gasteiger partial charge in [-0.1, -0.05) is 42.5 Å². The molecule has 0 aliphatic carbocycles. The SMILES string of the molecule is COc1cc(/C=C/C(=O)/C=C/c2ccc(-c3ccccc3OC(=O)C[N+](C)(C)C)c(OC)c2)ccc1O.[Cl-]. The van der Waals surface area contributed by atoms with Crippen LogP contribution in [0.5, 0.6) is 23.0 Å². The van der Waals surface area contributed by atoms with Crippen molar-refractivity contribution in [2.24, 2.45) is 0 Å². The van der Waals surface area contributed by atoms with E-state index in [1.165, 1.54) is 25.3 Å². The number of likely N-dealkylation sites (N-methyl/N-ethyl adjacent to an activating group) is 1. The highest BCUT2D eigenvalue weighted by Gasteiger charge is 2.19. The lowest BCUT2D eigenvalue weighted by atomic mass is 10.0. The predicted octanol–water partition coefficient (Wildman–Crippen LogP) is 1.99. The molecule has 1 N–H and O–H groups in total. The molecule has 0 aliphatic heterocycles. The van der Waals surface area contributed by atoms with Crippen LogP contribution in [0.2, 0.25) is 0 Å². The fourth-order valence-electron chi connectivity index (χ4n) is 3.56. The van der Waals surface area contributed by atoms with E-state index in [4.69, 9.17) is 14.2 Å². The molecule has 0 fully saturated rings. The molecule has 3 aromatic rings. The van der Waals surface area contributed by atoms with Gasteiger partial charge in [-0.2, -0.15) is 0 Å². The molecule has 0 radical (unpaired) electrons. The third-order valence-electron chi connectivity index (χ3n) is 5.31. The van der Waals surface area contributed by atoms with E-state index in [9.17, 15) is 14.7 Å². The molecule has 0 saturated heterocycles. The molecule has 0 saturated carbocycles. The van der Waals surface area contributed by atoms with Gasteiger partial charge >= 0.3 is 5.97 Å². The molecule has 3 rings (SSSR count). The van der Waals surface area contributed by atoms with Crippen LogP contribution in [-0.2, 0) is 9.59 Å². The van der Waals surface area contributed by atoms with Gasteiger partial charge in [-0.25, -0.2) is 4.79 Å². The summed E-state index contributed by atoms with van der Waals surface area (Å²) in [6, 6.07) is 17.7. The van der Waals surface area contributed by atoms with E-state index in [0.29, 0.717) is 21.7 Å². The lowest BCUT2D eigenvalue weighted by Crippen LogP contribution is -3.00. The Morgan fingerprint density at radius 3 is 1.95 bits per heavy atom. The van der Waals surface area contributed by atoms with Crippen LogP contribution < -0.4 is 26.6 Å². The molecule has 0 aliphatic rings. The van der Waals surface area contributed by atoms with Crippen LogP contribution >= 0.6 is 0 Å². The van der Waals surface area contributed by atoms with E-state index < -0.39 is 0 Å². The summed E-state index contributed by atoms with van der Waals surface area (Å²) in [5.41, 5.74) is 2.99. The smallest absolute Gasteiger partial charge is 0.367 e. The van der Waals surface area contributed by atoms with Crippen LogP contribution in [0.1, 0.15) is 11.1 Å². The number of carbonyl (C=O) groups excluding carboxylic acids is 2. The van der Waals surface area contributed by atoms with Crippen molar-refractivity contribution in [2.45, 2.75) is 0 Å². The fourth-order valence-corrected chi connectivity index (χ4v) is 3.56. The summed E-state index contributed by atoms with van der Waals surface area (Å²) in [6.45, 7) is 0.234. The quantitative estimate of drug-likeness (QED) is 0.184. The zero-order valence-corrected chi connectivity index (χ0v) is 22.9. The second-order valence-corrected chi connectivity index (χ2v) is 9.38. The van der Waals surface area contributed by atoms with Gasteiger partial charge in [-0.15, -0.1) is 0 Å². The Balaban J connectivity index is 0.00000507. The number of para-hydroxylation sites is 1. The number of phenolic OH excluding ortho intramolecular Hbond substituents is 1. The number of ether oxygens (including phenoxy) is 3. The molecular formula is C30H32ClNO6. The number of aromatic hydroxyl groups is 1. The molecule has 200 valence electrons. The van der Waals surface area contributed by atoms with Gasteiger partial charge in [0.15, 0.2) is 23.8 Å². The number of methoxy groups -OCH3 is 2. The molecule has 0 bridgehead atoms. The maximum Gasteiger partial charge on any atom is 0.367 e. The predicted molar refractivity (Wildman–Crippen MR) is 145 cm³/mol. The Kier molecular flexibility index (Phi) is 10.7. The van der Waals surface area contributed by atoms with Crippen molar-refractivity contribution in [1.29, 1.82) is 0 Å². The number of nitrogens with zero attached hydrogens (tertiary/aromatic N) is 1. The first-order valence-electron chi connectivity index (χ1n) is 11.7. The number of hydrogen-bond donors (Lipinski definition) is 1. The zero-order valence-electron chi connectivity index (χ0n) is 22.1. The third-order valence-corrected chi connectivity index (χ3v) is 5.31. The van der Waals surface area contributed by atoms with Crippen molar-refractivity contribution in [3.05, 3.63) is 83.9 Å². The normalized spacial score (nSPS) is 11.3. The summed E-state index contributed by atoms with van der Waals surface area (Å²) in [7, 11) is 8.81. The first kappa shape index (κ1) is 30.2. The van der Waals surface area contributed by atoms with E-state index in [1.807, 2.05) is 57.5 Å². The summed E-state index contributed by atoms with van der Waals surface area (Å²) in [4.78, 5) is 24.8. The lowest BCUT2D eigenvalue weighted by Gasteiger charge is -2.22. The molecule has 0 heterocycles. The number of esters is 1. The Morgan fingerprint density at radius 2 is 1.34 bits per heavy atom. The Bertz CT molecular complexity index is 1340. The number of rotatable bonds is 10. The topological polar surface area (TPSA) is 82.1 Å².